The Hall–Kier alpha value is -0.400. The van der Waals surface area contributed by atoms with E-state index in [0.717, 1.165) is 51.7 Å². The first-order valence-electron chi connectivity index (χ1n) is 18.5. The van der Waals surface area contributed by atoms with Crippen molar-refractivity contribution in [3.8, 4) is 0 Å². The van der Waals surface area contributed by atoms with Crippen molar-refractivity contribution in [3.05, 3.63) is 0 Å². The Morgan fingerprint density at radius 1 is 0.383 bits per heavy atom. The van der Waals surface area contributed by atoms with Crippen molar-refractivity contribution in [2.45, 2.75) is 177 Å². The number of unbranched alkanes of at least 4 members (excludes halogenated alkanes) is 2. The normalized spacial score (nSPS) is 17.6. The molecule has 0 aromatic heterocycles. The molecule has 0 aliphatic rings. The molecule has 0 spiro atoms. The number of aliphatic hydroxyl groups is 1. The topological polar surface area (TPSA) is 103 Å². The molecule has 0 saturated carbocycles. The molecule has 10 heteroatoms. The number of hydrogen-bond donors (Lipinski definition) is 1. The summed E-state index contributed by atoms with van der Waals surface area (Å²) in [6.45, 7) is 30.1. The molecule has 0 aliphatic heterocycles. The van der Waals surface area contributed by atoms with Gasteiger partial charge in [-0.25, -0.2) is 0 Å². The van der Waals surface area contributed by atoms with Crippen molar-refractivity contribution in [1.29, 1.82) is 0 Å². The van der Waals surface area contributed by atoms with Crippen molar-refractivity contribution in [2.75, 3.05) is 66.1 Å². The minimum atomic E-state index is -0.150. The molecule has 10 nitrogen and oxygen atoms in total. The standard InChI is InChI=1S/C20H42O5.C17H36O5/c1-7-9-11-21-13-17(3)23-15-19(5)25-16-20(6)24-14-18(4)22-12-10-8-2;1-7-8-13(2)22-17(6)12-21-16(5)11-20-15(4)10-19-14(3)9-18/h17-20H,7-16H2,1-6H3;13-18H,7-12H2,1-6H3. The fourth-order valence-corrected chi connectivity index (χ4v) is 3.98. The third-order valence-corrected chi connectivity index (χ3v) is 7.00. The summed E-state index contributed by atoms with van der Waals surface area (Å²) >= 11 is 0. The van der Waals surface area contributed by atoms with E-state index in [0.29, 0.717) is 46.2 Å². The summed E-state index contributed by atoms with van der Waals surface area (Å²) in [5.41, 5.74) is 0. The second kappa shape index (κ2) is 34.1. The number of aliphatic hydroxyl groups excluding tert-OH is 1. The van der Waals surface area contributed by atoms with Crippen molar-refractivity contribution in [2.24, 2.45) is 0 Å². The van der Waals surface area contributed by atoms with Crippen LogP contribution in [0.15, 0.2) is 0 Å². The molecule has 286 valence electrons. The lowest BCUT2D eigenvalue weighted by atomic mass is 10.2. The third-order valence-electron chi connectivity index (χ3n) is 7.00. The molecule has 0 bridgehead atoms. The van der Waals surface area contributed by atoms with E-state index in [1.165, 1.54) is 0 Å². The van der Waals surface area contributed by atoms with Crippen LogP contribution in [0.25, 0.3) is 0 Å². The van der Waals surface area contributed by atoms with Crippen LogP contribution in [0.4, 0.5) is 0 Å². The van der Waals surface area contributed by atoms with Gasteiger partial charge in [0.15, 0.2) is 0 Å². The van der Waals surface area contributed by atoms with Crippen LogP contribution in [0.2, 0.25) is 0 Å². The number of hydrogen-bond acceptors (Lipinski definition) is 10. The first kappa shape index (κ1) is 48.7. The van der Waals surface area contributed by atoms with E-state index in [4.69, 9.17) is 47.7 Å². The van der Waals surface area contributed by atoms with E-state index in [1.54, 1.807) is 0 Å². The van der Waals surface area contributed by atoms with Crippen LogP contribution in [-0.4, -0.2) is 126 Å². The summed E-state index contributed by atoms with van der Waals surface area (Å²) in [5.74, 6) is 0. The second-order valence-electron chi connectivity index (χ2n) is 13.1. The highest BCUT2D eigenvalue weighted by molar-refractivity contribution is 4.59. The largest absolute Gasteiger partial charge is 0.394 e. The molecular weight excluding hydrogens is 604 g/mol. The highest BCUT2D eigenvalue weighted by Crippen LogP contribution is 2.07. The van der Waals surface area contributed by atoms with Gasteiger partial charge in [0.2, 0.25) is 0 Å². The van der Waals surface area contributed by atoms with Crippen molar-refractivity contribution < 1.29 is 47.7 Å². The first-order valence-corrected chi connectivity index (χ1v) is 18.5. The van der Waals surface area contributed by atoms with Gasteiger partial charge in [0.25, 0.3) is 0 Å². The second-order valence-corrected chi connectivity index (χ2v) is 13.1. The molecule has 0 rings (SSSR count). The van der Waals surface area contributed by atoms with Crippen LogP contribution in [0.1, 0.15) is 122 Å². The highest BCUT2D eigenvalue weighted by atomic mass is 16.6. The predicted molar refractivity (Wildman–Crippen MR) is 191 cm³/mol. The highest BCUT2D eigenvalue weighted by Gasteiger charge is 2.14. The van der Waals surface area contributed by atoms with Crippen LogP contribution in [0.3, 0.4) is 0 Å². The average molecular weight is 683 g/mol. The fraction of sp³-hybridized carbons (Fsp3) is 1.00. The predicted octanol–water partition coefficient (Wildman–Crippen LogP) is 7.01. The van der Waals surface area contributed by atoms with Crippen LogP contribution in [0, 0.1) is 0 Å². The van der Waals surface area contributed by atoms with Gasteiger partial charge in [-0.15, -0.1) is 0 Å². The SMILES string of the molecule is CCCC(C)OC(C)COC(C)COC(C)COC(C)CO.CCCCOCC(C)OCC(C)OCC(C)OCC(C)OCCCC. The van der Waals surface area contributed by atoms with Crippen molar-refractivity contribution in [1.82, 2.24) is 0 Å². The molecule has 9 unspecified atom stereocenters. The third kappa shape index (κ3) is 35.2. The maximum atomic E-state index is 8.89. The molecule has 0 aromatic rings. The maximum absolute atomic E-state index is 8.89. The molecule has 0 saturated heterocycles. The smallest absolute Gasteiger partial charge is 0.0784 e. The van der Waals surface area contributed by atoms with Gasteiger partial charge in [-0.1, -0.05) is 40.0 Å². The van der Waals surface area contributed by atoms with E-state index < -0.39 is 0 Å². The Kier molecular flexibility index (Phi) is 35.3. The zero-order valence-corrected chi connectivity index (χ0v) is 32.6. The molecule has 1 N–H and O–H groups in total. The number of ether oxygens (including phenoxy) is 9. The monoisotopic (exact) mass is 683 g/mol. The zero-order valence-electron chi connectivity index (χ0n) is 32.6. The lowest BCUT2D eigenvalue weighted by Gasteiger charge is -2.22. The summed E-state index contributed by atoms with van der Waals surface area (Å²) in [7, 11) is 0. The quantitative estimate of drug-likeness (QED) is 0.0746. The Morgan fingerprint density at radius 3 is 1.15 bits per heavy atom. The summed E-state index contributed by atoms with van der Waals surface area (Å²) < 4.78 is 51.2. The van der Waals surface area contributed by atoms with Gasteiger partial charge >= 0.3 is 0 Å². The Morgan fingerprint density at radius 2 is 0.745 bits per heavy atom. The van der Waals surface area contributed by atoms with Gasteiger partial charge in [0.1, 0.15) is 0 Å². The lowest BCUT2D eigenvalue weighted by molar-refractivity contribution is -0.0972. The summed E-state index contributed by atoms with van der Waals surface area (Å²) in [4.78, 5) is 0. The first-order chi connectivity index (χ1) is 22.4. The lowest BCUT2D eigenvalue weighted by Crippen LogP contribution is -2.29. The minimum Gasteiger partial charge on any atom is -0.394 e. The summed E-state index contributed by atoms with van der Waals surface area (Å²) in [5, 5.41) is 8.89. The van der Waals surface area contributed by atoms with Gasteiger partial charge in [0.05, 0.1) is 108 Å². The molecular formula is C37H78O10. The molecule has 0 amide bonds. The molecule has 9 atom stereocenters. The van der Waals surface area contributed by atoms with Crippen LogP contribution < -0.4 is 0 Å². The Balaban J connectivity index is 0. The van der Waals surface area contributed by atoms with E-state index in [9.17, 15) is 0 Å². The van der Waals surface area contributed by atoms with Crippen molar-refractivity contribution in [3.63, 3.8) is 0 Å². The van der Waals surface area contributed by atoms with Crippen LogP contribution in [-0.2, 0) is 42.6 Å². The Bertz CT molecular complexity index is 628. The average Bonchev–Trinajstić information content (AvgIpc) is 3.04. The van der Waals surface area contributed by atoms with Gasteiger partial charge in [0, 0.05) is 13.2 Å². The molecule has 47 heavy (non-hydrogen) atoms. The molecule has 0 fully saturated rings. The van der Waals surface area contributed by atoms with Gasteiger partial charge in [-0.05, 0) is 81.6 Å². The van der Waals surface area contributed by atoms with Gasteiger partial charge in [-0.3, -0.25) is 0 Å². The van der Waals surface area contributed by atoms with Gasteiger partial charge in [-0.2, -0.15) is 0 Å². The van der Waals surface area contributed by atoms with Crippen LogP contribution in [0.5, 0.6) is 0 Å². The molecule has 0 radical (unpaired) electrons. The van der Waals surface area contributed by atoms with Crippen LogP contribution >= 0.6 is 0 Å². The molecule has 0 aliphatic carbocycles. The van der Waals surface area contributed by atoms with Gasteiger partial charge < -0.3 is 47.7 Å². The molecule has 0 heterocycles. The number of rotatable bonds is 32. The summed E-state index contributed by atoms with van der Waals surface area (Å²) in [6.07, 6.45) is 7.26. The van der Waals surface area contributed by atoms with Crippen molar-refractivity contribution >= 4 is 0 Å². The zero-order chi connectivity index (χ0) is 35.9. The minimum absolute atomic E-state index is 0.0155. The Labute approximate surface area is 290 Å². The van der Waals surface area contributed by atoms with E-state index >= 15 is 0 Å². The van der Waals surface area contributed by atoms with E-state index in [1.807, 2.05) is 55.4 Å². The van der Waals surface area contributed by atoms with E-state index in [-0.39, 0.29) is 61.5 Å². The molecule has 0 aromatic carbocycles. The van der Waals surface area contributed by atoms with E-state index in [2.05, 4.69) is 27.7 Å². The fourth-order valence-electron chi connectivity index (χ4n) is 3.98. The maximum Gasteiger partial charge on any atom is 0.0784 e. The summed E-state index contributed by atoms with van der Waals surface area (Å²) in [6, 6.07) is 0.